The summed E-state index contributed by atoms with van der Waals surface area (Å²) in [6.45, 7) is 1.13. The number of carbonyl (C=O) groups is 1. The fraction of sp³-hybridized carbons (Fsp3) is 0.185. The third kappa shape index (κ3) is 5.80. The van der Waals surface area contributed by atoms with Crippen LogP contribution in [0, 0.1) is 0 Å². The Kier molecular flexibility index (Phi) is 7.05. The van der Waals surface area contributed by atoms with Crippen molar-refractivity contribution >= 4 is 16.9 Å². The van der Waals surface area contributed by atoms with Crippen molar-refractivity contribution in [1.29, 1.82) is 0 Å². The average Bonchev–Trinajstić information content (AvgIpc) is 2.86. The SMILES string of the molecule is COc1ccc2cc(CN(CCc3ccccc3)C(=O)NCc3ccccc3)c(=O)[nH]c2c1. The molecule has 0 aliphatic rings. The number of rotatable bonds is 8. The van der Waals surface area contributed by atoms with E-state index in [9.17, 15) is 9.59 Å². The normalized spacial score (nSPS) is 10.7. The molecule has 33 heavy (non-hydrogen) atoms. The van der Waals surface area contributed by atoms with Crippen molar-refractivity contribution in [2.24, 2.45) is 0 Å². The van der Waals surface area contributed by atoms with Crippen LogP contribution in [0.1, 0.15) is 16.7 Å². The van der Waals surface area contributed by atoms with E-state index >= 15 is 0 Å². The highest BCUT2D eigenvalue weighted by Gasteiger charge is 2.16. The van der Waals surface area contributed by atoms with Gasteiger partial charge in [0.25, 0.3) is 5.56 Å². The highest BCUT2D eigenvalue weighted by Crippen LogP contribution is 2.19. The molecule has 0 aliphatic heterocycles. The molecule has 0 saturated heterocycles. The second kappa shape index (κ2) is 10.5. The standard InChI is InChI=1S/C27H27N3O3/c1-33-24-13-12-22-16-23(26(31)29-25(22)17-24)19-30(15-14-20-8-4-2-5-9-20)27(32)28-18-21-10-6-3-7-11-21/h2-13,16-17H,14-15,18-19H2,1H3,(H,28,32)(H,29,31). The van der Waals surface area contributed by atoms with Gasteiger partial charge in [0, 0.05) is 24.7 Å². The van der Waals surface area contributed by atoms with E-state index in [-0.39, 0.29) is 18.1 Å². The Morgan fingerprint density at radius 2 is 1.64 bits per heavy atom. The predicted octanol–water partition coefficient (Wildman–Crippen LogP) is 4.49. The molecule has 3 aromatic carbocycles. The smallest absolute Gasteiger partial charge is 0.317 e. The third-order valence-corrected chi connectivity index (χ3v) is 5.58. The number of hydrogen-bond acceptors (Lipinski definition) is 3. The maximum atomic E-state index is 13.1. The van der Waals surface area contributed by atoms with E-state index in [0.29, 0.717) is 36.3 Å². The lowest BCUT2D eigenvalue weighted by Gasteiger charge is -2.23. The first-order valence-electron chi connectivity index (χ1n) is 10.9. The molecule has 0 atom stereocenters. The molecule has 1 heterocycles. The van der Waals surface area contributed by atoms with Gasteiger partial charge in [-0.2, -0.15) is 0 Å². The third-order valence-electron chi connectivity index (χ3n) is 5.58. The van der Waals surface area contributed by atoms with Crippen LogP contribution in [0.4, 0.5) is 4.79 Å². The van der Waals surface area contributed by atoms with Gasteiger partial charge in [-0.1, -0.05) is 60.7 Å². The van der Waals surface area contributed by atoms with Crippen molar-refractivity contribution in [3.8, 4) is 5.75 Å². The zero-order valence-corrected chi connectivity index (χ0v) is 18.6. The number of methoxy groups -OCH3 is 1. The topological polar surface area (TPSA) is 74.4 Å². The number of pyridine rings is 1. The Balaban J connectivity index is 1.54. The van der Waals surface area contributed by atoms with Crippen LogP contribution in [0.15, 0.2) is 89.7 Å². The molecule has 168 valence electrons. The van der Waals surface area contributed by atoms with E-state index in [0.717, 1.165) is 16.5 Å². The molecule has 2 N–H and O–H groups in total. The number of nitrogens with zero attached hydrogens (tertiary/aromatic N) is 1. The van der Waals surface area contributed by atoms with Crippen LogP contribution in [0.5, 0.6) is 5.75 Å². The number of H-pyrrole nitrogens is 1. The number of amides is 2. The summed E-state index contributed by atoms with van der Waals surface area (Å²) in [6, 6.07) is 27.0. The van der Waals surface area contributed by atoms with Crippen LogP contribution in [-0.4, -0.2) is 29.6 Å². The number of aromatic nitrogens is 1. The van der Waals surface area contributed by atoms with Crippen LogP contribution in [-0.2, 0) is 19.5 Å². The van der Waals surface area contributed by atoms with Gasteiger partial charge in [-0.15, -0.1) is 0 Å². The molecule has 0 saturated carbocycles. The molecule has 0 bridgehead atoms. The summed E-state index contributed by atoms with van der Waals surface area (Å²) in [5.74, 6) is 0.677. The monoisotopic (exact) mass is 441 g/mol. The number of aromatic amines is 1. The Labute approximate surface area is 192 Å². The van der Waals surface area contributed by atoms with Crippen molar-refractivity contribution in [2.45, 2.75) is 19.5 Å². The van der Waals surface area contributed by atoms with Gasteiger partial charge in [0.15, 0.2) is 0 Å². The number of nitrogens with one attached hydrogen (secondary N) is 2. The molecular weight excluding hydrogens is 414 g/mol. The van der Waals surface area contributed by atoms with Crippen molar-refractivity contribution < 1.29 is 9.53 Å². The van der Waals surface area contributed by atoms with Crippen LogP contribution < -0.4 is 15.6 Å². The number of benzene rings is 3. The number of fused-ring (bicyclic) bond motifs is 1. The molecular formula is C27H27N3O3. The maximum absolute atomic E-state index is 13.1. The number of hydrogen-bond donors (Lipinski definition) is 2. The number of ether oxygens (including phenoxy) is 1. The second-order valence-corrected chi connectivity index (χ2v) is 7.88. The van der Waals surface area contributed by atoms with Gasteiger partial charge in [-0.3, -0.25) is 4.79 Å². The summed E-state index contributed by atoms with van der Waals surface area (Å²) in [5.41, 5.74) is 3.18. The quantitative estimate of drug-likeness (QED) is 0.423. The summed E-state index contributed by atoms with van der Waals surface area (Å²) in [4.78, 5) is 30.5. The van der Waals surface area contributed by atoms with Crippen LogP contribution in [0.2, 0.25) is 0 Å². The first-order valence-corrected chi connectivity index (χ1v) is 10.9. The van der Waals surface area contributed by atoms with E-state index in [2.05, 4.69) is 10.3 Å². The molecule has 4 aromatic rings. The Morgan fingerprint density at radius 3 is 2.33 bits per heavy atom. The first kappa shape index (κ1) is 22.1. The number of carbonyl (C=O) groups excluding carboxylic acids is 1. The van der Waals surface area contributed by atoms with Gasteiger partial charge in [0.1, 0.15) is 5.75 Å². The minimum absolute atomic E-state index is 0.205. The lowest BCUT2D eigenvalue weighted by molar-refractivity contribution is 0.195. The van der Waals surface area contributed by atoms with E-state index in [1.54, 1.807) is 18.1 Å². The van der Waals surface area contributed by atoms with E-state index < -0.39 is 0 Å². The Bertz CT molecular complexity index is 1270. The van der Waals surface area contributed by atoms with Crippen molar-refractivity contribution in [3.05, 3.63) is 112 Å². The van der Waals surface area contributed by atoms with Gasteiger partial charge in [0.05, 0.1) is 19.2 Å². The molecule has 1 aromatic heterocycles. The molecule has 0 aliphatic carbocycles. The molecule has 6 nitrogen and oxygen atoms in total. The molecule has 0 fully saturated rings. The molecule has 2 amide bonds. The van der Waals surface area contributed by atoms with E-state index in [4.69, 9.17) is 4.74 Å². The van der Waals surface area contributed by atoms with E-state index in [1.165, 1.54) is 0 Å². The highest BCUT2D eigenvalue weighted by molar-refractivity contribution is 5.80. The minimum Gasteiger partial charge on any atom is -0.497 e. The fourth-order valence-corrected chi connectivity index (χ4v) is 3.72. The lowest BCUT2D eigenvalue weighted by atomic mass is 10.1. The summed E-state index contributed by atoms with van der Waals surface area (Å²) < 4.78 is 5.24. The molecule has 0 radical (unpaired) electrons. The van der Waals surface area contributed by atoms with Gasteiger partial charge in [0.2, 0.25) is 0 Å². The lowest BCUT2D eigenvalue weighted by Crippen LogP contribution is -2.41. The maximum Gasteiger partial charge on any atom is 0.317 e. The highest BCUT2D eigenvalue weighted by atomic mass is 16.5. The van der Waals surface area contributed by atoms with Gasteiger partial charge < -0.3 is 19.9 Å². The van der Waals surface area contributed by atoms with E-state index in [1.807, 2.05) is 78.9 Å². The van der Waals surface area contributed by atoms with Gasteiger partial charge in [-0.25, -0.2) is 4.79 Å². The minimum atomic E-state index is -0.212. The zero-order valence-electron chi connectivity index (χ0n) is 18.6. The zero-order chi connectivity index (χ0) is 23.0. The Hall–Kier alpha value is -4.06. The van der Waals surface area contributed by atoms with Crippen molar-refractivity contribution in [2.75, 3.05) is 13.7 Å². The summed E-state index contributed by atoms with van der Waals surface area (Å²) in [6.07, 6.45) is 0.697. The molecule has 0 spiro atoms. The fourth-order valence-electron chi connectivity index (χ4n) is 3.72. The van der Waals surface area contributed by atoms with Crippen LogP contribution in [0.25, 0.3) is 10.9 Å². The van der Waals surface area contributed by atoms with Gasteiger partial charge >= 0.3 is 6.03 Å². The van der Waals surface area contributed by atoms with Crippen molar-refractivity contribution in [3.63, 3.8) is 0 Å². The largest absolute Gasteiger partial charge is 0.497 e. The number of urea groups is 1. The van der Waals surface area contributed by atoms with Gasteiger partial charge in [-0.05, 0) is 41.1 Å². The molecule has 4 rings (SSSR count). The summed E-state index contributed by atoms with van der Waals surface area (Å²) >= 11 is 0. The Morgan fingerprint density at radius 1 is 0.939 bits per heavy atom. The summed E-state index contributed by atoms with van der Waals surface area (Å²) in [7, 11) is 1.59. The first-order chi connectivity index (χ1) is 16.1. The second-order valence-electron chi connectivity index (χ2n) is 7.88. The molecule has 6 heteroatoms. The average molecular weight is 442 g/mol. The van der Waals surface area contributed by atoms with Crippen LogP contribution in [0.3, 0.4) is 0 Å². The predicted molar refractivity (Wildman–Crippen MR) is 130 cm³/mol. The van der Waals surface area contributed by atoms with Crippen molar-refractivity contribution in [1.82, 2.24) is 15.2 Å². The van der Waals surface area contributed by atoms with Crippen LogP contribution >= 0.6 is 0 Å². The molecule has 0 unspecified atom stereocenters. The summed E-state index contributed by atoms with van der Waals surface area (Å²) in [5, 5.41) is 3.87.